The molecule has 1 saturated heterocycles. The SMILES string of the molecule is O=[N+]([O-])c1ccc(C[C@H]2CN[C@@H](Cc3ccc([N+](=O)[O-])cc3)CN[C@@H](Cc3ccc([N+](=O)[O-])cc3)CN[C@@H](Cc3ccc([N+](=O)[O-])cc3)CN2)cc1. The molecule has 16 heteroatoms. The first-order chi connectivity index (χ1) is 25.0. The fraction of sp³-hybridized carbons (Fsp3) is 0.333. The summed E-state index contributed by atoms with van der Waals surface area (Å²) >= 11 is 0. The average Bonchev–Trinajstić information content (AvgIpc) is 3.13. The molecule has 0 aromatic heterocycles. The maximum absolute atomic E-state index is 11.2. The Morgan fingerprint density at radius 3 is 0.692 bits per heavy atom. The summed E-state index contributed by atoms with van der Waals surface area (Å²) in [6, 6.07) is 25.6. The van der Waals surface area contributed by atoms with Gasteiger partial charge in [-0.2, -0.15) is 0 Å². The second-order valence-corrected chi connectivity index (χ2v) is 12.9. The lowest BCUT2D eigenvalue weighted by Crippen LogP contribution is -2.55. The van der Waals surface area contributed by atoms with E-state index in [9.17, 15) is 40.5 Å². The maximum atomic E-state index is 11.2. The number of nitrogens with one attached hydrogen (secondary N) is 4. The molecular weight excluding hydrogens is 672 g/mol. The van der Waals surface area contributed by atoms with E-state index in [2.05, 4.69) is 21.3 Å². The fourth-order valence-corrected chi connectivity index (χ4v) is 6.25. The van der Waals surface area contributed by atoms with Gasteiger partial charge in [-0.3, -0.25) is 40.5 Å². The van der Waals surface area contributed by atoms with Gasteiger partial charge in [0.15, 0.2) is 0 Å². The lowest BCUT2D eigenvalue weighted by molar-refractivity contribution is -0.385. The van der Waals surface area contributed by atoms with Crippen molar-refractivity contribution < 1.29 is 19.7 Å². The number of hydrogen-bond donors (Lipinski definition) is 4. The van der Waals surface area contributed by atoms with Crippen LogP contribution in [0.1, 0.15) is 22.3 Å². The largest absolute Gasteiger partial charge is 0.311 e. The van der Waals surface area contributed by atoms with E-state index in [0.717, 1.165) is 22.3 Å². The lowest BCUT2D eigenvalue weighted by Gasteiger charge is -2.31. The average molecular weight is 713 g/mol. The van der Waals surface area contributed by atoms with Crippen molar-refractivity contribution >= 4 is 22.7 Å². The summed E-state index contributed by atoms with van der Waals surface area (Å²) in [5.41, 5.74) is 3.74. The van der Waals surface area contributed by atoms with Crippen molar-refractivity contribution in [2.75, 3.05) is 26.2 Å². The first kappa shape index (κ1) is 37.6. The molecule has 4 aromatic carbocycles. The molecule has 4 atom stereocenters. The van der Waals surface area contributed by atoms with Crippen LogP contribution in [0.2, 0.25) is 0 Å². The zero-order valence-electron chi connectivity index (χ0n) is 28.3. The van der Waals surface area contributed by atoms with Crippen LogP contribution in [-0.2, 0) is 25.7 Å². The van der Waals surface area contributed by atoms with Crippen molar-refractivity contribution in [3.63, 3.8) is 0 Å². The van der Waals surface area contributed by atoms with Crippen LogP contribution in [0.25, 0.3) is 0 Å². The van der Waals surface area contributed by atoms with Gasteiger partial charge in [-0.1, -0.05) is 48.5 Å². The van der Waals surface area contributed by atoms with Crippen LogP contribution < -0.4 is 21.3 Å². The normalized spacial score (nSPS) is 19.8. The lowest BCUT2D eigenvalue weighted by atomic mass is 9.99. The molecule has 0 spiro atoms. The third-order valence-electron chi connectivity index (χ3n) is 9.13. The summed E-state index contributed by atoms with van der Waals surface area (Å²) < 4.78 is 0. The van der Waals surface area contributed by atoms with Crippen LogP contribution in [0, 0.1) is 40.5 Å². The van der Waals surface area contributed by atoms with E-state index < -0.39 is 19.7 Å². The Kier molecular flexibility index (Phi) is 13.0. The molecule has 16 nitrogen and oxygen atoms in total. The number of rotatable bonds is 12. The van der Waals surface area contributed by atoms with Gasteiger partial charge in [0.25, 0.3) is 22.7 Å². The van der Waals surface area contributed by atoms with Crippen LogP contribution in [-0.4, -0.2) is 70.0 Å². The van der Waals surface area contributed by atoms with Crippen molar-refractivity contribution in [1.29, 1.82) is 0 Å². The minimum Gasteiger partial charge on any atom is -0.311 e. The highest BCUT2D eigenvalue weighted by Gasteiger charge is 2.22. The highest BCUT2D eigenvalue weighted by Crippen LogP contribution is 2.18. The van der Waals surface area contributed by atoms with E-state index >= 15 is 0 Å². The summed E-state index contributed by atoms with van der Waals surface area (Å²) in [5, 5.41) is 59.7. The second-order valence-electron chi connectivity index (χ2n) is 12.9. The van der Waals surface area contributed by atoms with Gasteiger partial charge in [-0.15, -0.1) is 0 Å². The Bertz CT molecular complexity index is 1540. The van der Waals surface area contributed by atoms with E-state index in [4.69, 9.17) is 0 Å². The van der Waals surface area contributed by atoms with Crippen LogP contribution in [0.5, 0.6) is 0 Å². The van der Waals surface area contributed by atoms with Crippen molar-refractivity contribution in [3.8, 4) is 0 Å². The minimum absolute atomic E-state index is 0.0124. The Morgan fingerprint density at radius 1 is 0.365 bits per heavy atom. The number of nitro groups is 4. The molecule has 4 N–H and O–H groups in total. The van der Waals surface area contributed by atoms with Crippen molar-refractivity contribution in [2.24, 2.45) is 0 Å². The molecule has 0 saturated carbocycles. The Labute approximate surface area is 299 Å². The molecule has 0 unspecified atom stereocenters. The predicted molar refractivity (Wildman–Crippen MR) is 194 cm³/mol. The maximum Gasteiger partial charge on any atom is 0.269 e. The first-order valence-corrected chi connectivity index (χ1v) is 16.9. The molecule has 1 fully saturated rings. The molecule has 0 bridgehead atoms. The molecule has 5 rings (SSSR count). The molecule has 1 aliphatic rings. The molecule has 4 aromatic rings. The topological polar surface area (TPSA) is 221 Å². The minimum atomic E-state index is -0.432. The summed E-state index contributed by atoms with van der Waals surface area (Å²) in [6.07, 6.45) is 2.32. The standard InChI is InChI=1S/C36H40N8O8/c45-41(46)33-9-1-25(2-10-33)17-29-21-38-31(19-27-5-13-35(14-6-27)43(49)50)23-40-32(20-28-7-15-36(16-8-28)44(51)52)24-39-30(22-37-29)18-26-3-11-34(12-4-26)42(47)48/h1-16,29-32,37-40H,17-24H2/t29-,30-,31-,32-/m0/s1. The highest BCUT2D eigenvalue weighted by atomic mass is 16.6. The molecule has 0 radical (unpaired) electrons. The van der Waals surface area contributed by atoms with Crippen molar-refractivity contribution in [3.05, 3.63) is 160 Å². The van der Waals surface area contributed by atoms with E-state index in [1.54, 1.807) is 48.5 Å². The zero-order chi connectivity index (χ0) is 37.0. The molecule has 1 heterocycles. The Hall–Kier alpha value is -5.68. The van der Waals surface area contributed by atoms with Gasteiger partial charge in [0.05, 0.1) is 19.7 Å². The quantitative estimate of drug-likeness (QED) is 0.118. The smallest absolute Gasteiger partial charge is 0.269 e. The Balaban J connectivity index is 1.39. The van der Waals surface area contributed by atoms with Crippen molar-refractivity contribution in [1.82, 2.24) is 21.3 Å². The molecule has 1 aliphatic heterocycles. The number of nitro benzene ring substituents is 4. The van der Waals surface area contributed by atoms with E-state index in [1.165, 1.54) is 48.5 Å². The third-order valence-corrected chi connectivity index (χ3v) is 9.13. The van der Waals surface area contributed by atoms with Gasteiger partial charge in [0.2, 0.25) is 0 Å². The van der Waals surface area contributed by atoms with Gasteiger partial charge in [-0.25, -0.2) is 0 Å². The summed E-state index contributed by atoms with van der Waals surface area (Å²) in [4.78, 5) is 43.2. The van der Waals surface area contributed by atoms with Crippen LogP contribution in [0.4, 0.5) is 22.7 Å². The first-order valence-electron chi connectivity index (χ1n) is 16.9. The summed E-state index contributed by atoms with van der Waals surface area (Å²) in [7, 11) is 0. The molecular formula is C36H40N8O8. The number of benzene rings is 4. The van der Waals surface area contributed by atoms with E-state index in [1.807, 2.05) is 0 Å². The molecule has 0 amide bonds. The van der Waals surface area contributed by atoms with Crippen molar-refractivity contribution in [2.45, 2.75) is 49.9 Å². The molecule has 0 aliphatic carbocycles. The Morgan fingerprint density at radius 2 is 0.538 bits per heavy atom. The fourth-order valence-electron chi connectivity index (χ4n) is 6.25. The van der Waals surface area contributed by atoms with Gasteiger partial charge >= 0.3 is 0 Å². The highest BCUT2D eigenvalue weighted by molar-refractivity contribution is 5.36. The number of nitrogens with zero attached hydrogens (tertiary/aromatic N) is 4. The van der Waals surface area contributed by atoms with Crippen LogP contribution in [0.15, 0.2) is 97.1 Å². The van der Waals surface area contributed by atoms with Crippen LogP contribution in [0.3, 0.4) is 0 Å². The zero-order valence-corrected chi connectivity index (χ0v) is 28.3. The summed E-state index contributed by atoms with van der Waals surface area (Å²) in [6.45, 7) is 2.14. The van der Waals surface area contributed by atoms with Gasteiger partial charge in [0, 0.05) is 98.9 Å². The second kappa shape index (κ2) is 18.0. The monoisotopic (exact) mass is 712 g/mol. The molecule has 52 heavy (non-hydrogen) atoms. The van der Waals surface area contributed by atoms with Gasteiger partial charge < -0.3 is 21.3 Å². The van der Waals surface area contributed by atoms with Gasteiger partial charge in [0.1, 0.15) is 0 Å². The predicted octanol–water partition coefficient (Wildman–Crippen LogP) is 4.44. The van der Waals surface area contributed by atoms with E-state index in [-0.39, 0.29) is 46.9 Å². The summed E-state index contributed by atoms with van der Waals surface area (Å²) in [5.74, 6) is 0. The number of hydrogen-bond acceptors (Lipinski definition) is 12. The van der Waals surface area contributed by atoms with Crippen LogP contribution >= 0.6 is 0 Å². The third kappa shape index (κ3) is 11.2. The van der Waals surface area contributed by atoms with E-state index in [0.29, 0.717) is 51.9 Å². The molecule has 272 valence electrons. The van der Waals surface area contributed by atoms with Gasteiger partial charge in [-0.05, 0) is 47.9 Å². The number of non-ortho nitro benzene ring substituents is 4.